The average Bonchev–Trinajstić information content (AvgIpc) is 2.45. The van der Waals surface area contributed by atoms with Crippen molar-refractivity contribution in [3.8, 4) is 0 Å². The van der Waals surface area contributed by atoms with Gasteiger partial charge in [0.25, 0.3) is 0 Å². The summed E-state index contributed by atoms with van der Waals surface area (Å²) in [6.07, 6.45) is 6.99. The van der Waals surface area contributed by atoms with E-state index < -0.39 is 24.7 Å². The second-order valence-corrected chi connectivity index (χ2v) is 25.7. The van der Waals surface area contributed by atoms with Gasteiger partial charge in [0.2, 0.25) is 0 Å². The molecule has 26 heavy (non-hydrogen) atoms. The summed E-state index contributed by atoms with van der Waals surface area (Å²) in [5, 5.41) is 0. The molecule has 0 rings (SSSR count). The third-order valence-electron chi connectivity index (χ3n) is 4.90. The Labute approximate surface area is 169 Å². The second kappa shape index (κ2) is 12.1. The summed E-state index contributed by atoms with van der Waals surface area (Å²) >= 11 is 0. The highest BCUT2D eigenvalue weighted by Crippen LogP contribution is 2.30. The van der Waals surface area contributed by atoms with Crippen molar-refractivity contribution in [2.75, 3.05) is 12.8 Å². The minimum atomic E-state index is -1.63. The molecule has 1 atom stereocenters. The molecule has 0 saturated heterocycles. The van der Waals surface area contributed by atoms with E-state index in [-0.39, 0.29) is 5.78 Å². The Hall–Kier alpha value is 0.451. The highest BCUT2D eigenvalue weighted by atomic mass is 31.1. The maximum absolute atomic E-state index is 11.7. The number of Topliss-reactive ketones (excluding diaryl/α,β-unsaturated/α-hetero) is 1. The zero-order valence-electron chi connectivity index (χ0n) is 18.9. The first-order valence-electron chi connectivity index (χ1n) is 10.3. The van der Waals surface area contributed by atoms with E-state index >= 15 is 0 Å². The summed E-state index contributed by atoms with van der Waals surface area (Å²) in [5.41, 5.74) is 2.08. The quantitative estimate of drug-likeness (QED) is 0.120. The molecule has 0 aliphatic rings. The molecule has 0 aromatic heterocycles. The first kappa shape index (κ1) is 26.5. The van der Waals surface area contributed by atoms with Crippen LogP contribution in [0.1, 0.15) is 39.0 Å². The van der Waals surface area contributed by atoms with Crippen LogP contribution in [0.15, 0.2) is 12.2 Å². The summed E-state index contributed by atoms with van der Waals surface area (Å²) in [5.74, 6) is 0.219. The van der Waals surface area contributed by atoms with E-state index in [9.17, 15) is 4.79 Å². The van der Waals surface area contributed by atoms with Gasteiger partial charge >= 0.3 is 0 Å². The number of rotatable bonds is 15. The molecule has 0 aromatic rings. The lowest BCUT2D eigenvalue weighted by Crippen LogP contribution is -2.49. The topological polar surface area (TPSA) is 26.3 Å². The van der Waals surface area contributed by atoms with Crippen molar-refractivity contribution in [3.63, 3.8) is 0 Å². The van der Waals surface area contributed by atoms with E-state index in [1.807, 2.05) is 6.92 Å². The molecule has 0 radical (unpaired) electrons. The molecule has 0 aromatic carbocycles. The monoisotopic (exact) mass is 432 g/mol. The van der Waals surface area contributed by atoms with Crippen molar-refractivity contribution in [3.05, 3.63) is 12.2 Å². The van der Waals surface area contributed by atoms with Crippen molar-refractivity contribution in [1.82, 2.24) is 0 Å². The molecular weight excluding hydrogens is 387 g/mol. The van der Waals surface area contributed by atoms with E-state index in [0.29, 0.717) is 12.0 Å². The zero-order valence-corrected chi connectivity index (χ0v) is 22.9. The lowest BCUT2D eigenvalue weighted by Gasteiger charge is -2.38. The molecule has 2 nitrogen and oxygen atoms in total. The molecule has 0 aliphatic carbocycles. The summed E-state index contributed by atoms with van der Waals surface area (Å²) in [4.78, 5) is 11.7. The fourth-order valence-corrected chi connectivity index (χ4v) is 24.2. The van der Waals surface area contributed by atoms with E-state index in [1.54, 1.807) is 0 Å². The average molecular weight is 433 g/mol. The fraction of sp³-hybridized carbons (Fsp3) is 0.850. The normalized spacial score (nSPS) is 13.5. The molecule has 0 saturated carbocycles. The number of unbranched alkanes of at least 4 members (excludes halogenated alkanes) is 2. The molecule has 0 amide bonds. The number of hydrogen-bond acceptors (Lipinski definition) is 2. The fourth-order valence-electron chi connectivity index (χ4n) is 4.03. The van der Waals surface area contributed by atoms with Crippen LogP contribution in [0.5, 0.6) is 0 Å². The van der Waals surface area contributed by atoms with Crippen molar-refractivity contribution < 1.29 is 8.91 Å². The Balaban J connectivity index is 4.37. The molecule has 0 bridgehead atoms. The van der Waals surface area contributed by atoms with Gasteiger partial charge in [0.1, 0.15) is 0 Å². The SMILES string of the molecule is C=C(C)C(=O)CCCC[Si](C)(C)O[Si](C)(C)C[Si](C)(C)CCCCPC. The molecule has 0 heterocycles. The molecule has 1 unspecified atom stereocenters. The largest absolute Gasteiger partial charge is 0.456 e. The minimum Gasteiger partial charge on any atom is -0.456 e. The van der Waals surface area contributed by atoms with E-state index in [2.05, 4.69) is 52.5 Å². The van der Waals surface area contributed by atoms with Crippen LogP contribution in [0.3, 0.4) is 0 Å². The Morgan fingerprint density at radius 1 is 0.923 bits per heavy atom. The number of carbonyl (C=O) groups excluding carboxylic acids is 1. The van der Waals surface area contributed by atoms with Crippen LogP contribution in [-0.2, 0) is 8.91 Å². The highest BCUT2D eigenvalue weighted by molar-refractivity contribution is 7.36. The van der Waals surface area contributed by atoms with Crippen LogP contribution >= 0.6 is 8.58 Å². The highest BCUT2D eigenvalue weighted by Gasteiger charge is 2.37. The van der Waals surface area contributed by atoms with E-state index in [1.165, 1.54) is 36.8 Å². The Kier molecular flexibility index (Phi) is 12.3. The first-order chi connectivity index (χ1) is 11.8. The van der Waals surface area contributed by atoms with Gasteiger partial charge in [0.15, 0.2) is 22.4 Å². The van der Waals surface area contributed by atoms with E-state index in [0.717, 1.165) is 21.4 Å². The van der Waals surface area contributed by atoms with Crippen LogP contribution in [0.2, 0.25) is 57.0 Å². The van der Waals surface area contributed by atoms with Gasteiger partial charge in [-0.2, -0.15) is 0 Å². The molecule has 0 fully saturated rings. The van der Waals surface area contributed by atoms with Crippen LogP contribution < -0.4 is 0 Å². The molecule has 154 valence electrons. The molecule has 0 aliphatic heterocycles. The van der Waals surface area contributed by atoms with Crippen LogP contribution in [0, 0.1) is 0 Å². The molecule has 6 heteroatoms. The number of hydrogen-bond donors (Lipinski definition) is 0. The van der Waals surface area contributed by atoms with Crippen molar-refractivity contribution in [1.29, 1.82) is 0 Å². The van der Waals surface area contributed by atoms with Crippen molar-refractivity contribution in [2.45, 2.75) is 96.1 Å². The zero-order chi connectivity index (χ0) is 20.4. The van der Waals surface area contributed by atoms with Gasteiger partial charge in [-0.25, -0.2) is 0 Å². The number of ketones is 1. The van der Waals surface area contributed by atoms with Gasteiger partial charge in [-0.3, -0.25) is 4.79 Å². The maximum Gasteiger partial charge on any atom is 0.173 e. The smallest absolute Gasteiger partial charge is 0.173 e. The van der Waals surface area contributed by atoms with Crippen molar-refractivity contribution >= 4 is 39.1 Å². The second-order valence-electron chi connectivity index (χ2n) is 9.93. The van der Waals surface area contributed by atoms with Crippen LogP contribution in [0.4, 0.5) is 0 Å². The van der Waals surface area contributed by atoms with Gasteiger partial charge in [-0.1, -0.05) is 38.6 Å². The summed E-state index contributed by atoms with van der Waals surface area (Å²) in [6.45, 7) is 22.6. The maximum atomic E-state index is 11.7. The summed E-state index contributed by atoms with van der Waals surface area (Å²) in [7, 11) is -3.27. The predicted octanol–water partition coefficient (Wildman–Crippen LogP) is 7.06. The van der Waals surface area contributed by atoms with Gasteiger partial charge in [-0.15, -0.1) is 8.58 Å². The third kappa shape index (κ3) is 13.6. The van der Waals surface area contributed by atoms with Crippen molar-refractivity contribution in [2.24, 2.45) is 0 Å². The Morgan fingerprint density at radius 2 is 1.50 bits per heavy atom. The van der Waals surface area contributed by atoms with Gasteiger partial charge in [-0.05, 0) is 76.1 Å². The number of allylic oxidation sites excluding steroid dienone is 1. The Bertz CT molecular complexity index is 448. The van der Waals surface area contributed by atoms with E-state index in [4.69, 9.17) is 4.12 Å². The molecule has 0 N–H and O–H groups in total. The number of carbonyl (C=O) groups is 1. The third-order valence-corrected chi connectivity index (χ3v) is 20.7. The van der Waals surface area contributed by atoms with Gasteiger partial charge in [0.05, 0.1) is 0 Å². The minimum absolute atomic E-state index is 0.219. The summed E-state index contributed by atoms with van der Waals surface area (Å²) in [6, 6.07) is 2.63. The lowest BCUT2D eigenvalue weighted by atomic mass is 10.1. The Morgan fingerprint density at radius 3 is 2.04 bits per heavy atom. The lowest BCUT2D eigenvalue weighted by molar-refractivity contribution is -0.115. The van der Waals surface area contributed by atoms with Crippen LogP contribution in [0.25, 0.3) is 0 Å². The standard InChI is InChI=1S/C20H45O2PSi3/c1-19(2)20(21)14-10-12-17-25(6,7)22-26(8,9)18-24(4,5)16-13-11-15-23-3/h23H,1,10-18H2,2-9H3. The van der Waals surface area contributed by atoms with Gasteiger partial charge < -0.3 is 4.12 Å². The first-order valence-corrected chi connectivity index (χ1v) is 21.7. The molecular formula is C20H45O2PSi3. The van der Waals surface area contributed by atoms with Crippen LogP contribution in [-0.4, -0.2) is 43.3 Å². The van der Waals surface area contributed by atoms with Gasteiger partial charge in [0, 0.05) is 14.5 Å². The summed E-state index contributed by atoms with van der Waals surface area (Å²) < 4.78 is 6.85. The predicted molar refractivity (Wildman–Crippen MR) is 130 cm³/mol. The molecule has 0 spiro atoms.